The number of carbonyl (C=O) groups is 3. The van der Waals surface area contributed by atoms with Crippen molar-refractivity contribution in [3.05, 3.63) is 65.0 Å². The van der Waals surface area contributed by atoms with E-state index in [1.54, 1.807) is 31.4 Å². The Morgan fingerprint density at radius 1 is 1.15 bits per heavy atom. The number of carbonyl (C=O) groups excluding carboxylic acids is 3. The van der Waals surface area contributed by atoms with Crippen LogP contribution in [-0.4, -0.2) is 39.3 Å². The van der Waals surface area contributed by atoms with Gasteiger partial charge < -0.3 is 15.4 Å². The number of halogens is 1. The molecule has 6 nitrogen and oxygen atoms in total. The third kappa shape index (κ3) is 6.36. The fourth-order valence-electron chi connectivity index (χ4n) is 3.95. The Kier molecular flexibility index (Phi) is 7.81. The smallest absolute Gasteiger partial charge is 0.226 e. The minimum Gasteiger partial charge on any atom is -0.380 e. The van der Waals surface area contributed by atoms with Gasteiger partial charge in [0, 0.05) is 26.5 Å². The van der Waals surface area contributed by atoms with Gasteiger partial charge in [-0.15, -0.1) is 0 Å². The molecule has 0 spiro atoms. The highest BCUT2D eigenvalue weighted by molar-refractivity contribution is 6.88. The Balaban J connectivity index is 1.83. The molecular formula is C25H31FN2O4Si. The number of hydrogen-bond donors (Lipinski definition) is 2. The van der Waals surface area contributed by atoms with Gasteiger partial charge in [0.15, 0.2) is 5.78 Å². The molecule has 2 aromatic carbocycles. The second kappa shape index (κ2) is 10.4. The van der Waals surface area contributed by atoms with E-state index in [0.717, 1.165) is 10.8 Å². The molecule has 0 aliphatic carbocycles. The lowest BCUT2D eigenvalue weighted by molar-refractivity contribution is -0.130. The van der Waals surface area contributed by atoms with E-state index in [1.165, 1.54) is 6.07 Å². The van der Waals surface area contributed by atoms with Crippen molar-refractivity contribution in [3.63, 3.8) is 0 Å². The molecule has 1 aliphatic heterocycles. The molecule has 0 bridgehead atoms. The van der Waals surface area contributed by atoms with Crippen molar-refractivity contribution in [2.75, 3.05) is 13.7 Å². The molecule has 8 heteroatoms. The number of ether oxygens (including phenoxy) is 1. The lowest BCUT2D eigenvalue weighted by Gasteiger charge is -2.21. The van der Waals surface area contributed by atoms with Crippen molar-refractivity contribution in [1.82, 2.24) is 10.6 Å². The van der Waals surface area contributed by atoms with Crippen LogP contribution < -0.4 is 15.8 Å². The zero-order valence-electron chi connectivity index (χ0n) is 19.5. The zero-order chi connectivity index (χ0) is 24.2. The van der Waals surface area contributed by atoms with E-state index >= 15 is 0 Å². The molecule has 1 saturated heterocycles. The molecule has 2 aromatic rings. The maximum absolute atomic E-state index is 14.7. The third-order valence-corrected chi connectivity index (χ3v) is 7.82. The lowest BCUT2D eigenvalue weighted by atomic mass is 9.95. The maximum Gasteiger partial charge on any atom is 0.226 e. The van der Waals surface area contributed by atoms with Gasteiger partial charge in [0.1, 0.15) is 11.9 Å². The van der Waals surface area contributed by atoms with Crippen molar-refractivity contribution < 1.29 is 23.5 Å². The van der Waals surface area contributed by atoms with E-state index < -0.39 is 20.0 Å². The molecule has 1 fully saturated rings. The van der Waals surface area contributed by atoms with Crippen LogP contribution in [0.5, 0.6) is 0 Å². The number of rotatable bonds is 9. The minimum atomic E-state index is -1.83. The largest absolute Gasteiger partial charge is 0.380 e. The fraction of sp³-hybridized carbons (Fsp3) is 0.400. The van der Waals surface area contributed by atoms with Gasteiger partial charge in [-0.05, 0) is 27.9 Å². The number of nitrogens with one attached hydrogen (secondary N) is 2. The first-order chi connectivity index (χ1) is 15.6. The van der Waals surface area contributed by atoms with Gasteiger partial charge in [0.2, 0.25) is 11.8 Å². The van der Waals surface area contributed by atoms with Crippen molar-refractivity contribution >= 4 is 30.9 Å². The first kappa shape index (κ1) is 24.8. The van der Waals surface area contributed by atoms with Crippen LogP contribution in [0.3, 0.4) is 0 Å². The normalized spacial score (nSPS) is 16.9. The van der Waals surface area contributed by atoms with E-state index in [1.807, 2.05) is 12.1 Å². The summed E-state index contributed by atoms with van der Waals surface area (Å²) in [6.07, 6.45) is 0.0817. The highest BCUT2D eigenvalue weighted by atomic mass is 28.3. The molecule has 2 N–H and O–H groups in total. The lowest BCUT2D eigenvalue weighted by Crippen LogP contribution is -2.40. The SMILES string of the molecule is COCc1ccc([C@@H](NC(=O)[C@H]2CNC(=O)C2)C(=O)Cc2ccc([Si](C)(C)C)c(F)c2)cc1. The number of ketones is 1. The number of amides is 2. The summed E-state index contributed by atoms with van der Waals surface area (Å²) in [5.41, 5.74) is 2.13. The standard InChI is InChI=1S/C25H31FN2O4Si/c1-32-15-16-5-8-18(9-6-16)24(28-25(31)19-13-23(30)27-14-19)21(29)12-17-7-10-22(20(26)11-17)33(2,3)4/h5-11,19,24H,12-15H2,1-4H3,(H,27,30)(H,28,31)/t19-,24-/m1/s1. The quantitative estimate of drug-likeness (QED) is 0.552. The molecule has 1 heterocycles. The van der Waals surface area contributed by atoms with E-state index in [4.69, 9.17) is 4.74 Å². The molecular weight excluding hydrogens is 439 g/mol. The summed E-state index contributed by atoms with van der Waals surface area (Å²) in [6.45, 7) is 6.89. The van der Waals surface area contributed by atoms with Crippen LogP contribution in [0.1, 0.15) is 29.2 Å². The summed E-state index contributed by atoms with van der Waals surface area (Å²) in [5, 5.41) is 6.18. The van der Waals surface area contributed by atoms with E-state index in [-0.39, 0.29) is 42.8 Å². The number of hydrogen-bond acceptors (Lipinski definition) is 4. The molecule has 0 saturated carbocycles. The van der Waals surface area contributed by atoms with Gasteiger partial charge in [0.05, 0.1) is 20.6 Å². The fourth-order valence-corrected chi connectivity index (χ4v) is 5.33. The average Bonchev–Trinajstić information content (AvgIpc) is 3.18. The van der Waals surface area contributed by atoms with E-state index in [2.05, 4.69) is 30.3 Å². The first-order valence-electron chi connectivity index (χ1n) is 11.0. The molecule has 0 aromatic heterocycles. The highest BCUT2D eigenvalue weighted by Crippen LogP contribution is 2.21. The summed E-state index contributed by atoms with van der Waals surface area (Å²) >= 11 is 0. The monoisotopic (exact) mass is 470 g/mol. The Bertz CT molecular complexity index is 1030. The molecule has 176 valence electrons. The molecule has 0 unspecified atom stereocenters. The summed E-state index contributed by atoms with van der Waals surface area (Å²) < 4.78 is 19.8. The minimum absolute atomic E-state index is 0.0183. The predicted octanol–water partition coefficient (Wildman–Crippen LogP) is 2.62. The van der Waals surface area contributed by atoms with Crippen LogP contribution >= 0.6 is 0 Å². The van der Waals surface area contributed by atoms with Gasteiger partial charge in [-0.3, -0.25) is 14.4 Å². The summed E-state index contributed by atoms with van der Waals surface area (Å²) in [4.78, 5) is 37.6. The first-order valence-corrected chi connectivity index (χ1v) is 14.5. The average molecular weight is 471 g/mol. The summed E-state index contributed by atoms with van der Waals surface area (Å²) in [7, 11) is -0.230. The van der Waals surface area contributed by atoms with Crippen molar-refractivity contribution in [2.24, 2.45) is 5.92 Å². The summed E-state index contributed by atoms with van der Waals surface area (Å²) in [6, 6.07) is 11.3. The van der Waals surface area contributed by atoms with Crippen molar-refractivity contribution in [1.29, 1.82) is 0 Å². The van der Waals surface area contributed by atoms with Crippen LogP contribution in [0.25, 0.3) is 0 Å². The van der Waals surface area contributed by atoms with Gasteiger partial charge in [-0.25, -0.2) is 4.39 Å². The van der Waals surface area contributed by atoms with Crippen LogP contribution in [0, 0.1) is 11.7 Å². The Morgan fingerprint density at radius 2 is 1.82 bits per heavy atom. The molecule has 1 aliphatic rings. The molecule has 2 atom stereocenters. The molecule has 33 heavy (non-hydrogen) atoms. The predicted molar refractivity (Wildman–Crippen MR) is 127 cm³/mol. The molecule has 3 rings (SSSR count). The molecule has 2 amide bonds. The number of Topliss-reactive ketones (excluding diaryl/α,β-unsaturated/α-hetero) is 1. The maximum atomic E-state index is 14.7. The Morgan fingerprint density at radius 3 is 2.36 bits per heavy atom. The topological polar surface area (TPSA) is 84.5 Å². The van der Waals surface area contributed by atoms with Gasteiger partial charge in [-0.2, -0.15) is 0 Å². The van der Waals surface area contributed by atoms with Crippen molar-refractivity contribution in [3.8, 4) is 0 Å². The third-order valence-electron chi connectivity index (χ3n) is 5.80. The second-order valence-electron chi connectivity index (χ2n) is 9.53. The van der Waals surface area contributed by atoms with Crippen LogP contribution in [0.4, 0.5) is 4.39 Å². The van der Waals surface area contributed by atoms with Gasteiger partial charge in [0.25, 0.3) is 0 Å². The zero-order valence-corrected chi connectivity index (χ0v) is 20.5. The van der Waals surface area contributed by atoms with E-state index in [0.29, 0.717) is 17.7 Å². The van der Waals surface area contributed by atoms with E-state index in [9.17, 15) is 18.8 Å². The Hall–Kier alpha value is -2.84. The van der Waals surface area contributed by atoms with Crippen LogP contribution in [0.15, 0.2) is 42.5 Å². The number of benzene rings is 2. The van der Waals surface area contributed by atoms with Crippen LogP contribution in [0.2, 0.25) is 19.6 Å². The van der Waals surface area contributed by atoms with Crippen molar-refractivity contribution in [2.45, 2.75) is 45.1 Å². The van der Waals surface area contributed by atoms with Gasteiger partial charge >= 0.3 is 0 Å². The second-order valence-corrected chi connectivity index (χ2v) is 14.6. The Labute approximate surface area is 194 Å². The van der Waals surface area contributed by atoms with Crippen LogP contribution in [-0.2, 0) is 32.1 Å². The summed E-state index contributed by atoms with van der Waals surface area (Å²) in [5.74, 6) is -1.60. The molecule has 0 radical (unpaired) electrons. The highest BCUT2D eigenvalue weighted by Gasteiger charge is 2.31. The van der Waals surface area contributed by atoms with Gasteiger partial charge in [-0.1, -0.05) is 56.0 Å². The number of methoxy groups -OCH3 is 1.